The van der Waals surface area contributed by atoms with Crippen molar-refractivity contribution in [2.24, 2.45) is 11.8 Å². The zero-order valence-electron chi connectivity index (χ0n) is 18.2. The largest absolute Gasteiger partial charge is 0.477 e. The van der Waals surface area contributed by atoms with E-state index >= 15 is 0 Å². The summed E-state index contributed by atoms with van der Waals surface area (Å²) in [6, 6.07) is -0.469. The van der Waals surface area contributed by atoms with Gasteiger partial charge >= 0.3 is 5.97 Å². The molecule has 3 fully saturated rings. The van der Waals surface area contributed by atoms with Gasteiger partial charge in [-0.1, -0.05) is 13.8 Å². The van der Waals surface area contributed by atoms with Crippen LogP contribution in [0, 0.1) is 11.8 Å². The van der Waals surface area contributed by atoms with Gasteiger partial charge in [0, 0.05) is 29.2 Å². The van der Waals surface area contributed by atoms with E-state index in [2.05, 4.69) is 25.7 Å². The summed E-state index contributed by atoms with van der Waals surface area (Å²) in [5.74, 6) is -1.96. The summed E-state index contributed by atoms with van der Waals surface area (Å²) in [6.45, 7) is 11.2. The number of hydrogen-bond acceptors (Lipinski definition) is 6. The summed E-state index contributed by atoms with van der Waals surface area (Å²) in [4.78, 5) is 43.8. The molecule has 30 heavy (non-hydrogen) atoms. The van der Waals surface area contributed by atoms with Crippen molar-refractivity contribution in [1.29, 1.82) is 0 Å². The van der Waals surface area contributed by atoms with E-state index < -0.39 is 18.0 Å². The molecule has 0 unspecified atom stereocenters. The molecule has 0 aromatic rings. The lowest BCUT2D eigenvalue weighted by Crippen LogP contribution is -2.63. The Morgan fingerprint density at radius 1 is 1.30 bits per heavy atom. The van der Waals surface area contributed by atoms with Crippen LogP contribution in [0.15, 0.2) is 10.6 Å². The second kappa shape index (κ2) is 7.24. The average Bonchev–Trinajstić information content (AvgIpc) is 3.23. The fraction of sp³-hybridized carbons (Fsp3) is 0.762. The summed E-state index contributed by atoms with van der Waals surface area (Å²) in [5, 5.41) is 19.9. The van der Waals surface area contributed by atoms with Crippen LogP contribution in [0.4, 0.5) is 0 Å². The van der Waals surface area contributed by atoms with Crippen LogP contribution in [-0.2, 0) is 14.4 Å². The average molecular weight is 438 g/mol. The van der Waals surface area contributed by atoms with Gasteiger partial charge in [0.05, 0.1) is 29.8 Å². The minimum absolute atomic E-state index is 0.0599. The molecule has 6 atom stereocenters. The highest BCUT2D eigenvalue weighted by Crippen LogP contribution is 2.53. The van der Waals surface area contributed by atoms with Crippen LogP contribution in [0.5, 0.6) is 0 Å². The summed E-state index contributed by atoms with van der Waals surface area (Å²) in [6.07, 6.45) is 0.783. The molecule has 9 heteroatoms. The van der Waals surface area contributed by atoms with Crippen LogP contribution in [0.2, 0.25) is 0 Å². The lowest BCUT2D eigenvalue weighted by atomic mass is 9.79. The molecule has 0 spiro atoms. The van der Waals surface area contributed by atoms with E-state index in [-0.39, 0.29) is 46.4 Å². The van der Waals surface area contributed by atoms with Crippen LogP contribution in [0.3, 0.4) is 0 Å². The van der Waals surface area contributed by atoms with Crippen molar-refractivity contribution in [3.05, 3.63) is 10.6 Å². The van der Waals surface area contributed by atoms with Gasteiger partial charge in [0.15, 0.2) is 0 Å². The van der Waals surface area contributed by atoms with Crippen LogP contribution in [0.1, 0.15) is 47.5 Å². The van der Waals surface area contributed by atoms with Gasteiger partial charge in [-0.05, 0) is 33.6 Å². The first-order valence-electron chi connectivity index (χ1n) is 10.8. The SMILES string of the molecule is CCCN1C(=O)[C@@H]2C[C@H](SC3=C(C(=O)O)N4C(=O)[C@H]([C@@H](C)O)[C@H]4[C@H]3C)CN2C1(C)C. The van der Waals surface area contributed by atoms with Gasteiger partial charge in [-0.25, -0.2) is 4.79 Å². The number of β-lactam (4-membered cyclic amide) rings is 1. The van der Waals surface area contributed by atoms with Crippen LogP contribution in [0.25, 0.3) is 0 Å². The molecule has 4 aliphatic heterocycles. The first kappa shape index (κ1) is 21.6. The number of fused-ring (bicyclic) bond motifs is 2. The van der Waals surface area contributed by atoms with Crippen LogP contribution in [-0.4, -0.2) is 84.9 Å². The van der Waals surface area contributed by atoms with Crippen molar-refractivity contribution >= 4 is 29.5 Å². The van der Waals surface area contributed by atoms with Crippen molar-refractivity contribution < 1.29 is 24.6 Å². The van der Waals surface area contributed by atoms with E-state index in [4.69, 9.17) is 0 Å². The molecule has 0 bridgehead atoms. The highest BCUT2D eigenvalue weighted by Gasteiger charge is 2.61. The number of aliphatic hydroxyl groups is 1. The normalized spacial score (nSPS) is 36.3. The van der Waals surface area contributed by atoms with Crippen molar-refractivity contribution in [2.75, 3.05) is 13.1 Å². The number of nitrogens with zero attached hydrogens (tertiary/aromatic N) is 3. The Labute approximate surface area is 181 Å². The first-order chi connectivity index (χ1) is 14.0. The Hall–Kier alpha value is -1.58. The Balaban J connectivity index is 1.55. The van der Waals surface area contributed by atoms with Crippen molar-refractivity contribution in [3.63, 3.8) is 0 Å². The third-order valence-corrected chi connectivity index (χ3v) is 8.72. The summed E-state index contributed by atoms with van der Waals surface area (Å²) < 4.78 is 0. The molecule has 4 rings (SSSR count). The molecular weight excluding hydrogens is 406 g/mol. The molecule has 4 aliphatic rings. The van der Waals surface area contributed by atoms with E-state index in [9.17, 15) is 24.6 Å². The highest BCUT2D eigenvalue weighted by atomic mass is 32.2. The number of carboxylic acids is 1. The van der Waals surface area contributed by atoms with Gasteiger partial charge in [0.2, 0.25) is 11.8 Å². The standard InChI is InChI=1S/C21H31N3O5S/c1-6-7-22-18(26)13-8-12(9-23(13)21(22,4)5)30-17-10(2)15-14(11(3)25)19(27)24(15)16(17)20(28)29/h10-15,25H,6-9H2,1-5H3,(H,28,29)/t10-,11-,12+,13+,14-,15-/m1/s1. The van der Waals surface area contributed by atoms with Crippen molar-refractivity contribution in [3.8, 4) is 0 Å². The smallest absolute Gasteiger partial charge is 0.353 e. The Morgan fingerprint density at radius 2 is 1.97 bits per heavy atom. The Bertz CT molecular complexity index is 825. The van der Waals surface area contributed by atoms with Gasteiger partial charge in [-0.3, -0.25) is 14.5 Å². The van der Waals surface area contributed by atoms with Crippen molar-refractivity contribution in [1.82, 2.24) is 14.7 Å². The molecule has 0 radical (unpaired) electrons. The van der Waals surface area contributed by atoms with Gasteiger partial charge in [-0.15, -0.1) is 11.8 Å². The van der Waals surface area contributed by atoms with E-state index in [0.29, 0.717) is 17.9 Å². The number of thioether (sulfide) groups is 1. The summed E-state index contributed by atoms with van der Waals surface area (Å²) in [5.41, 5.74) is -0.293. The van der Waals surface area contributed by atoms with Crippen LogP contribution >= 0.6 is 11.8 Å². The fourth-order valence-electron chi connectivity index (χ4n) is 5.79. The Kier molecular flexibility index (Phi) is 5.22. The number of aliphatic hydroxyl groups excluding tert-OH is 1. The lowest BCUT2D eigenvalue weighted by molar-refractivity contribution is -0.163. The maximum atomic E-state index is 13.0. The maximum Gasteiger partial charge on any atom is 0.353 e. The van der Waals surface area contributed by atoms with E-state index in [0.717, 1.165) is 13.0 Å². The van der Waals surface area contributed by atoms with E-state index in [1.165, 1.54) is 16.7 Å². The van der Waals surface area contributed by atoms with Gasteiger partial charge < -0.3 is 20.0 Å². The second-order valence-electron chi connectivity index (χ2n) is 9.40. The quantitative estimate of drug-likeness (QED) is 0.604. The number of carboxylic acid groups (broad SMARTS) is 1. The zero-order chi connectivity index (χ0) is 22.1. The second-order valence-corrected chi connectivity index (χ2v) is 10.7. The summed E-state index contributed by atoms with van der Waals surface area (Å²) in [7, 11) is 0. The van der Waals surface area contributed by atoms with Crippen LogP contribution < -0.4 is 0 Å². The minimum Gasteiger partial charge on any atom is -0.477 e. The molecule has 0 aliphatic carbocycles. The Morgan fingerprint density at radius 3 is 2.50 bits per heavy atom. The molecule has 4 heterocycles. The molecule has 2 amide bonds. The topological polar surface area (TPSA) is 101 Å². The molecule has 0 aromatic heterocycles. The molecule has 166 valence electrons. The van der Waals surface area contributed by atoms with E-state index in [1.54, 1.807) is 6.92 Å². The van der Waals surface area contributed by atoms with Crippen molar-refractivity contribution in [2.45, 2.75) is 76.6 Å². The number of rotatable bonds is 6. The zero-order valence-corrected chi connectivity index (χ0v) is 19.0. The van der Waals surface area contributed by atoms with Gasteiger partial charge in [-0.2, -0.15) is 0 Å². The number of aliphatic carboxylic acids is 1. The number of hydrogen-bond donors (Lipinski definition) is 2. The fourth-order valence-corrected chi connectivity index (χ4v) is 7.32. The third kappa shape index (κ3) is 2.85. The number of carbonyl (C=O) groups excluding carboxylic acids is 2. The molecule has 0 saturated carbocycles. The molecule has 0 aromatic carbocycles. The number of carbonyl (C=O) groups is 3. The lowest BCUT2D eigenvalue weighted by Gasteiger charge is -2.46. The highest BCUT2D eigenvalue weighted by molar-refractivity contribution is 8.03. The first-order valence-corrected chi connectivity index (χ1v) is 11.6. The third-order valence-electron chi connectivity index (χ3n) is 7.23. The van der Waals surface area contributed by atoms with E-state index in [1.807, 2.05) is 11.8 Å². The molecule has 2 N–H and O–H groups in total. The predicted molar refractivity (Wildman–Crippen MR) is 112 cm³/mol. The molecular formula is C21H31N3O5S. The van der Waals surface area contributed by atoms with Gasteiger partial charge in [0.25, 0.3) is 0 Å². The minimum atomic E-state index is -1.10. The van der Waals surface area contributed by atoms with Gasteiger partial charge in [0.1, 0.15) is 5.70 Å². The molecule has 8 nitrogen and oxygen atoms in total. The summed E-state index contributed by atoms with van der Waals surface area (Å²) >= 11 is 1.51. The molecule has 3 saturated heterocycles. The predicted octanol–water partition coefficient (Wildman–Crippen LogP) is 1.30. The monoisotopic (exact) mass is 437 g/mol. The maximum absolute atomic E-state index is 13.0. The number of amides is 2.